The first kappa shape index (κ1) is 13.1. The van der Waals surface area contributed by atoms with Gasteiger partial charge in [0.15, 0.2) is 0 Å². The van der Waals surface area contributed by atoms with Crippen molar-refractivity contribution in [2.75, 3.05) is 6.61 Å². The predicted octanol–water partition coefficient (Wildman–Crippen LogP) is 3.26. The summed E-state index contributed by atoms with van der Waals surface area (Å²) < 4.78 is 5.08. The predicted molar refractivity (Wildman–Crippen MR) is 70.8 cm³/mol. The third kappa shape index (κ3) is 2.55. The standard InChI is InChI=1S/C15H21NO2/c1-4-6-12-11(14(17)18-5-2)7-8-13(16-12)15(3)9-10-15/h7-8H,4-6,9-10H2,1-3H3. The van der Waals surface area contributed by atoms with E-state index in [-0.39, 0.29) is 11.4 Å². The lowest BCUT2D eigenvalue weighted by Gasteiger charge is -2.13. The van der Waals surface area contributed by atoms with Crippen LogP contribution >= 0.6 is 0 Å². The summed E-state index contributed by atoms with van der Waals surface area (Å²) in [5.41, 5.74) is 2.89. The second kappa shape index (κ2) is 5.09. The zero-order valence-corrected chi connectivity index (χ0v) is 11.5. The molecule has 0 bridgehead atoms. The van der Waals surface area contributed by atoms with Gasteiger partial charge in [0.2, 0.25) is 0 Å². The van der Waals surface area contributed by atoms with Crippen LogP contribution in [0.15, 0.2) is 12.1 Å². The Morgan fingerprint density at radius 2 is 2.11 bits per heavy atom. The van der Waals surface area contributed by atoms with Crippen molar-refractivity contribution in [2.45, 2.75) is 51.9 Å². The van der Waals surface area contributed by atoms with Gasteiger partial charge in [0.05, 0.1) is 17.9 Å². The lowest BCUT2D eigenvalue weighted by Crippen LogP contribution is -2.13. The largest absolute Gasteiger partial charge is 0.462 e. The molecule has 98 valence electrons. The van der Waals surface area contributed by atoms with E-state index in [1.54, 1.807) is 0 Å². The van der Waals surface area contributed by atoms with Crippen LogP contribution < -0.4 is 0 Å². The highest BCUT2D eigenvalue weighted by Gasteiger charge is 2.40. The second-order valence-electron chi connectivity index (χ2n) is 5.22. The number of rotatable bonds is 5. The molecule has 1 aromatic heterocycles. The Bertz CT molecular complexity index is 450. The van der Waals surface area contributed by atoms with E-state index < -0.39 is 0 Å². The van der Waals surface area contributed by atoms with Crippen LogP contribution in [-0.4, -0.2) is 17.6 Å². The minimum absolute atomic E-state index is 0.246. The number of hydrogen-bond donors (Lipinski definition) is 0. The van der Waals surface area contributed by atoms with Crippen molar-refractivity contribution in [2.24, 2.45) is 0 Å². The number of carbonyl (C=O) groups is 1. The fraction of sp³-hybridized carbons (Fsp3) is 0.600. The van der Waals surface area contributed by atoms with Crippen LogP contribution in [0.1, 0.15) is 61.8 Å². The summed E-state index contributed by atoms with van der Waals surface area (Å²) in [6.07, 6.45) is 4.21. The molecular formula is C15H21NO2. The number of aryl methyl sites for hydroxylation is 1. The van der Waals surface area contributed by atoms with Gasteiger partial charge in [-0.25, -0.2) is 4.79 Å². The molecule has 1 fully saturated rings. The summed E-state index contributed by atoms with van der Waals surface area (Å²) in [6.45, 7) is 6.56. The van der Waals surface area contributed by atoms with Crippen molar-refractivity contribution < 1.29 is 9.53 Å². The van der Waals surface area contributed by atoms with E-state index in [0.717, 1.165) is 24.2 Å². The van der Waals surface area contributed by atoms with Gasteiger partial charge in [-0.1, -0.05) is 20.3 Å². The van der Waals surface area contributed by atoms with E-state index in [1.165, 1.54) is 12.8 Å². The monoisotopic (exact) mass is 247 g/mol. The van der Waals surface area contributed by atoms with Gasteiger partial charge in [-0.15, -0.1) is 0 Å². The molecular weight excluding hydrogens is 226 g/mol. The first-order chi connectivity index (χ1) is 8.60. The molecule has 0 atom stereocenters. The molecule has 0 amide bonds. The van der Waals surface area contributed by atoms with Gasteiger partial charge in [0.25, 0.3) is 0 Å². The fourth-order valence-electron chi connectivity index (χ4n) is 2.10. The van der Waals surface area contributed by atoms with Crippen LogP contribution in [0.5, 0.6) is 0 Å². The van der Waals surface area contributed by atoms with Gasteiger partial charge < -0.3 is 4.74 Å². The molecule has 0 unspecified atom stereocenters. The number of ether oxygens (including phenoxy) is 1. The molecule has 0 radical (unpaired) electrons. The van der Waals surface area contributed by atoms with Crippen molar-refractivity contribution >= 4 is 5.97 Å². The SMILES string of the molecule is CCCc1nc(C2(C)CC2)ccc1C(=O)OCC. The van der Waals surface area contributed by atoms with E-state index in [1.807, 2.05) is 19.1 Å². The zero-order chi connectivity index (χ0) is 13.2. The van der Waals surface area contributed by atoms with Crippen LogP contribution in [-0.2, 0) is 16.6 Å². The van der Waals surface area contributed by atoms with Crippen molar-refractivity contribution in [1.82, 2.24) is 4.98 Å². The lowest BCUT2D eigenvalue weighted by molar-refractivity contribution is 0.0524. The molecule has 3 nitrogen and oxygen atoms in total. The van der Waals surface area contributed by atoms with Crippen molar-refractivity contribution in [3.8, 4) is 0 Å². The number of esters is 1. The maximum Gasteiger partial charge on any atom is 0.339 e. The van der Waals surface area contributed by atoms with Gasteiger partial charge in [-0.05, 0) is 38.3 Å². The molecule has 1 aromatic rings. The van der Waals surface area contributed by atoms with Crippen molar-refractivity contribution in [3.63, 3.8) is 0 Å². The Kier molecular flexibility index (Phi) is 3.69. The average Bonchev–Trinajstić information content (AvgIpc) is 3.09. The van der Waals surface area contributed by atoms with Crippen molar-refractivity contribution in [1.29, 1.82) is 0 Å². The average molecular weight is 247 g/mol. The highest BCUT2D eigenvalue weighted by Crippen LogP contribution is 2.46. The highest BCUT2D eigenvalue weighted by atomic mass is 16.5. The summed E-state index contributed by atoms with van der Waals surface area (Å²) in [7, 11) is 0. The van der Waals surface area contributed by atoms with Crippen LogP contribution in [0, 0.1) is 0 Å². The smallest absolute Gasteiger partial charge is 0.339 e. The summed E-state index contributed by atoms with van der Waals surface area (Å²) >= 11 is 0. The molecule has 0 saturated heterocycles. The summed E-state index contributed by atoms with van der Waals surface area (Å²) in [5, 5.41) is 0. The Labute approximate surface area is 109 Å². The Morgan fingerprint density at radius 1 is 1.39 bits per heavy atom. The first-order valence-electron chi connectivity index (χ1n) is 6.78. The van der Waals surface area contributed by atoms with Gasteiger partial charge in [-0.3, -0.25) is 4.98 Å². The maximum absolute atomic E-state index is 11.9. The zero-order valence-electron chi connectivity index (χ0n) is 11.5. The lowest BCUT2D eigenvalue weighted by atomic mass is 10.0. The number of hydrogen-bond acceptors (Lipinski definition) is 3. The minimum Gasteiger partial charge on any atom is -0.462 e. The van der Waals surface area contributed by atoms with Gasteiger partial charge >= 0.3 is 5.97 Å². The van der Waals surface area contributed by atoms with Gasteiger partial charge in [0, 0.05) is 11.1 Å². The molecule has 1 saturated carbocycles. The highest BCUT2D eigenvalue weighted by molar-refractivity contribution is 5.90. The Morgan fingerprint density at radius 3 is 2.67 bits per heavy atom. The molecule has 1 aliphatic carbocycles. The molecule has 18 heavy (non-hydrogen) atoms. The molecule has 1 heterocycles. The van der Waals surface area contributed by atoms with Crippen LogP contribution in [0.4, 0.5) is 0 Å². The summed E-state index contributed by atoms with van der Waals surface area (Å²) in [5.74, 6) is -0.249. The molecule has 0 aromatic carbocycles. The molecule has 0 spiro atoms. The fourth-order valence-corrected chi connectivity index (χ4v) is 2.10. The normalized spacial score (nSPS) is 16.4. The van der Waals surface area contributed by atoms with Crippen LogP contribution in [0.25, 0.3) is 0 Å². The molecule has 3 heteroatoms. The number of pyridine rings is 1. The van der Waals surface area contributed by atoms with E-state index in [4.69, 9.17) is 9.72 Å². The number of aromatic nitrogens is 1. The second-order valence-corrected chi connectivity index (χ2v) is 5.22. The number of nitrogens with zero attached hydrogens (tertiary/aromatic N) is 1. The first-order valence-corrected chi connectivity index (χ1v) is 6.78. The molecule has 0 N–H and O–H groups in total. The summed E-state index contributed by atoms with van der Waals surface area (Å²) in [6, 6.07) is 3.87. The summed E-state index contributed by atoms with van der Waals surface area (Å²) in [4.78, 5) is 16.6. The Balaban J connectivity index is 2.31. The van der Waals surface area contributed by atoms with E-state index in [0.29, 0.717) is 12.2 Å². The molecule has 1 aliphatic rings. The molecule has 0 aliphatic heterocycles. The van der Waals surface area contributed by atoms with E-state index in [2.05, 4.69) is 13.8 Å². The quantitative estimate of drug-likeness (QED) is 0.750. The van der Waals surface area contributed by atoms with Crippen LogP contribution in [0.3, 0.4) is 0 Å². The van der Waals surface area contributed by atoms with Gasteiger partial charge in [0.1, 0.15) is 0 Å². The third-order valence-corrected chi connectivity index (χ3v) is 3.57. The van der Waals surface area contributed by atoms with Crippen LogP contribution in [0.2, 0.25) is 0 Å². The van der Waals surface area contributed by atoms with E-state index >= 15 is 0 Å². The van der Waals surface area contributed by atoms with E-state index in [9.17, 15) is 4.79 Å². The maximum atomic E-state index is 11.9. The Hall–Kier alpha value is -1.38. The number of carbonyl (C=O) groups excluding carboxylic acids is 1. The minimum atomic E-state index is -0.249. The van der Waals surface area contributed by atoms with Crippen molar-refractivity contribution in [3.05, 3.63) is 29.1 Å². The molecule has 2 rings (SSSR count). The third-order valence-electron chi connectivity index (χ3n) is 3.57. The topological polar surface area (TPSA) is 39.2 Å². The van der Waals surface area contributed by atoms with Gasteiger partial charge in [-0.2, -0.15) is 0 Å².